The molecule has 0 saturated carbocycles. The first-order valence-electron chi connectivity index (χ1n) is 7.30. The number of ether oxygens (including phenoxy) is 1. The van der Waals surface area contributed by atoms with Crippen LogP contribution in [0, 0.1) is 5.92 Å². The van der Waals surface area contributed by atoms with Crippen molar-refractivity contribution in [3.05, 3.63) is 29.3 Å². The molecule has 4 nitrogen and oxygen atoms in total. The third-order valence-corrected chi connectivity index (χ3v) is 3.64. The maximum Gasteiger partial charge on any atom is 0.257 e. The van der Waals surface area contributed by atoms with E-state index in [1.807, 2.05) is 19.2 Å². The Morgan fingerprint density at radius 3 is 2.95 bits per heavy atom. The van der Waals surface area contributed by atoms with Crippen LogP contribution in [0.2, 0.25) is 0 Å². The van der Waals surface area contributed by atoms with E-state index < -0.39 is 0 Å². The highest BCUT2D eigenvalue weighted by atomic mass is 16.5. The molecule has 1 aromatic carbocycles. The molecule has 20 heavy (non-hydrogen) atoms. The van der Waals surface area contributed by atoms with Crippen molar-refractivity contribution >= 4 is 5.91 Å². The van der Waals surface area contributed by atoms with Gasteiger partial charge in [-0.05, 0) is 43.0 Å². The lowest BCUT2D eigenvalue weighted by atomic mass is 10.1. The van der Waals surface area contributed by atoms with E-state index in [4.69, 9.17) is 4.74 Å². The number of amides is 1. The van der Waals surface area contributed by atoms with Crippen LogP contribution >= 0.6 is 0 Å². The molecule has 0 fully saturated rings. The van der Waals surface area contributed by atoms with E-state index >= 15 is 0 Å². The fraction of sp³-hybridized carbons (Fsp3) is 0.562. The predicted molar refractivity (Wildman–Crippen MR) is 79.9 cm³/mol. The Bertz CT molecular complexity index is 472. The van der Waals surface area contributed by atoms with Crippen molar-refractivity contribution in [3.63, 3.8) is 0 Å². The summed E-state index contributed by atoms with van der Waals surface area (Å²) >= 11 is 0. The minimum atomic E-state index is -0.0560. The van der Waals surface area contributed by atoms with E-state index in [-0.39, 0.29) is 12.5 Å². The van der Waals surface area contributed by atoms with Crippen molar-refractivity contribution in [2.24, 2.45) is 5.92 Å². The zero-order valence-electron chi connectivity index (χ0n) is 12.5. The molecule has 0 aromatic heterocycles. The van der Waals surface area contributed by atoms with Gasteiger partial charge in [-0.25, -0.2) is 0 Å². The summed E-state index contributed by atoms with van der Waals surface area (Å²) in [6.45, 7) is 4.93. The average molecular weight is 276 g/mol. The third kappa shape index (κ3) is 3.51. The van der Waals surface area contributed by atoms with Crippen molar-refractivity contribution in [3.8, 4) is 5.75 Å². The number of fused-ring (bicyclic) bond motifs is 1. The Morgan fingerprint density at radius 2 is 2.25 bits per heavy atom. The number of nitrogens with one attached hydrogen (secondary N) is 2. The van der Waals surface area contributed by atoms with Crippen LogP contribution in [0.5, 0.6) is 5.75 Å². The Morgan fingerprint density at radius 1 is 1.45 bits per heavy atom. The maximum absolute atomic E-state index is 11.7. The molecule has 0 heterocycles. The van der Waals surface area contributed by atoms with Crippen molar-refractivity contribution in [1.29, 1.82) is 0 Å². The van der Waals surface area contributed by atoms with E-state index in [0.29, 0.717) is 18.5 Å². The van der Waals surface area contributed by atoms with Gasteiger partial charge in [-0.15, -0.1) is 0 Å². The number of hydrogen-bond donors (Lipinski definition) is 2. The Balaban J connectivity index is 1.94. The second-order valence-corrected chi connectivity index (χ2v) is 5.69. The lowest BCUT2D eigenvalue weighted by Crippen LogP contribution is -2.31. The van der Waals surface area contributed by atoms with E-state index in [2.05, 4.69) is 30.5 Å². The van der Waals surface area contributed by atoms with E-state index in [0.717, 1.165) is 18.6 Å². The standard InChI is InChI=1S/C16H24N2O2/c1-11(2)9-18-16(19)10-20-15-6-4-5-12-13(15)7-8-14(12)17-3/h4-6,11,14,17H,7-10H2,1-3H3,(H,18,19). The van der Waals surface area contributed by atoms with Crippen LogP contribution < -0.4 is 15.4 Å². The van der Waals surface area contributed by atoms with Gasteiger partial charge in [0.05, 0.1) is 0 Å². The number of carbonyl (C=O) groups is 1. The van der Waals surface area contributed by atoms with Crippen LogP contribution in [0.1, 0.15) is 37.4 Å². The van der Waals surface area contributed by atoms with E-state index in [9.17, 15) is 4.79 Å². The maximum atomic E-state index is 11.7. The zero-order valence-corrected chi connectivity index (χ0v) is 12.5. The summed E-state index contributed by atoms with van der Waals surface area (Å²) in [7, 11) is 1.98. The van der Waals surface area contributed by atoms with Crippen molar-refractivity contribution in [2.75, 3.05) is 20.2 Å². The number of hydrogen-bond acceptors (Lipinski definition) is 3. The number of rotatable bonds is 6. The smallest absolute Gasteiger partial charge is 0.257 e. The molecule has 1 amide bonds. The fourth-order valence-corrected chi connectivity index (χ4v) is 2.57. The largest absolute Gasteiger partial charge is 0.483 e. The molecule has 1 aliphatic rings. The summed E-state index contributed by atoms with van der Waals surface area (Å²) in [5.41, 5.74) is 2.54. The molecule has 1 atom stereocenters. The normalized spacial score (nSPS) is 17.1. The van der Waals surface area contributed by atoms with Crippen LogP contribution in [-0.2, 0) is 11.2 Å². The van der Waals surface area contributed by atoms with Gasteiger partial charge in [0.15, 0.2) is 6.61 Å². The van der Waals surface area contributed by atoms with Crippen LogP contribution in [0.4, 0.5) is 0 Å². The molecular weight excluding hydrogens is 252 g/mol. The van der Waals surface area contributed by atoms with Gasteiger partial charge in [-0.1, -0.05) is 26.0 Å². The summed E-state index contributed by atoms with van der Waals surface area (Å²) in [4.78, 5) is 11.7. The Hall–Kier alpha value is -1.55. The lowest BCUT2D eigenvalue weighted by Gasteiger charge is -2.13. The van der Waals surface area contributed by atoms with Gasteiger partial charge in [-0.2, -0.15) is 0 Å². The fourth-order valence-electron chi connectivity index (χ4n) is 2.57. The first kappa shape index (κ1) is 14.9. The quantitative estimate of drug-likeness (QED) is 0.836. The molecule has 2 rings (SSSR count). The molecule has 2 N–H and O–H groups in total. The Kier molecular flexibility index (Phi) is 5.01. The van der Waals surface area contributed by atoms with Crippen molar-refractivity contribution in [2.45, 2.75) is 32.7 Å². The molecule has 0 radical (unpaired) electrons. The van der Waals surface area contributed by atoms with Gasteiger partial charge in [-0.3, -0.25) is 4.79 Å². The number of carbonyl (C=O) groups excluding carboxylic acids is 1. The summed E-state index contributed by atoms with van der Waals surface area (Å²) in [5, 5.41) is 6.17. The van der Waals surface area contributed by atoms with Crippen LogP contribution in [0.25, 0.3) is 0 Å². The highest BCUT2D eigenvalue weighted by molar-refractivity contribution is 5.77. The highest BCUT2D eigenvalue weighted by Crippen LogP contribution is 2.36. The van der Waals surface area contributed by atoms with E-state index in [1.54, 1.807) is 0 Å². The first-order chi connectivity index (χ1) is 9.61. The monoisotopic (exact) mass is 276 g/mol. The SMILES string of the molecule is CNC1CCc2c(OCC(=O)NCC(C)C)cccc21. The van der Waals surface area contributed by atoms with E-state index in [1.165, 1.54) is 11.1 Å². The van der Waals surface area contributed by atoms with Crippen molar-refractivity contribution < 1.29 is 9.53 Å². The molecule has 1 aliphatic carbocycles. The summed E-state index contributed by atoms with van der Waals surface area (Å²) in [6, 6.07) is 6.49. The summed E-state index contributed by atoms with van der Waals surface area (Å²) in [6.07, 6.45) is 2.09. The highest BCUT2D eigenvalue weighted by Gasteiger charge is 2.23. The predicted octanol–water partition coefficient (Wildman–Crippen LogP) is 2.04. The molecule has 0 bridgehead atoms. The molecule has 0 saturated heterocycles. The second kappa shape index (κ2) is 6.75. The van der Waals surface area contributed by atoms with Gasteiger partial charge < -0.3 is 15.4 Å². The third-order valence-electron chi connectivity index (χ3n) is 3.64. The molecule has 4 heteroatoms. The van der Waals surface area contributed by atoms with Gasteiger partial charge in [0, 0.05) is 12.6 Å². The van der Waals surface area contributed by atoms with Crippen LogP contribution in [0.3, 0.4) is 0 Å². The molecule has 110 valence electrons. The Labute approximate surface area is 120 Å². The van der Waals surface area contributed by atoms with Crippen LogP contribution in [0.15, 0.2) is 18.2 Å². The summed E-state index contributed by atoms with van der Waals surface area (Å²) < 4.78 is 5.70. The lowest BCUT2D eigenvalue weighted by molar-refractivity contribution is -0.123. The van der Waals surface area contributed by atoms with Gasteiger partial charge >= 0.3 is 0 Å². The average Bonchev–Trinajstić information content (AvgIpc) is 2.86. The topological polar surface area (TPSA) is 50.4 Å². The number of benzene rings is 1. The molecule has 1 unspecified atom stereocenters. The second-order valence-electron chi connectivity index (χ2n) is 5.69. The molecule has 0 aliphatic heterocycles. The molecular formula is C16H24N2O2. The first-order valence-corrected chi connectivity index (χ1v) is 7.30. The van der Waals surface area contributed by atoms with Gasteiger partial charge in [0.2, 0.25) is 0 Å². The van der Waals surface area contributed by atoms with Gasteiger partial charge in [0.25, 0.3) is 5.91 Å². The summed E-state index contributed by atoms with van der Waals surface area (Å²) in [5.74, 6) is 1.25. The zero-order chi connectivity index (χ0) is 14.5. The molecule has 0 spiro atoms. The van der Waals surface area contributed by atoms with Gasteiger partial charge in [0.1, 0.15) is 5.75 Å². The minimum Gasteiger partial charge on any atom is -0.483 e. The molecule has 1 aromatic rings. The minimum absolute atomic E-state index is 0.0560. The van der Waals surface area contributed by atoms with Crippen LogP contribution in [-0.4, -0.2) is 26.1 Å². The van der Waals surface area contributed by atoms with Crippen molar-refractivity contribution in [1.82, 2.24) is 10.6 Å².